The van der Waals surface area contributed by atoms with Crippen LogP contribution in [-0.4, -0.2) is 19.5 Å². The maximum absolute atomic E-state index is 5.19. The van der Waals surface area contributed by atoms with Crippen molar-refractivity contribution in [1.29, 1.82) is 0 Å². The Balaban J connectivity index is 1.26. The predicted molar refractivity (Wildman–Crippen MR) is 226 cm³/mol. The third-order valence-corrected chi connectivity index (χ3v) is 10.6. The van der Waals surface area contributed by atoms with Gasteiger partial charge in [-0.15, -0.1) is 0 Å². The number of benzene rings is 8. The van der Waals surface area contributed by atoms with Crippen LogP contribution in [0.4, 0.5) is 0 Å². The third-order valence-electron chi connectivity index (χ3n) is 10.6. The summed E-state index contributed by atoms with van der Waals surface area (Å²) in [5.74, 6) is 2.12. The first kappa shape index (κ1) is 32.5. The molecule has 0 N–H and O–H groups in total. The highest BCUT2D eigenvalue weighted by atomic mass is 15.0. The summed E-state index contributed by atoms with van der Waals surface area (Å²) < 4.78 is 2.40. The van der Waals surface area contributed by atoms with Gasteiger partial charge in [-0.3, -0.25) is 0 Å². The molecule has 4 heteroatoms. The zero-order chi connectivity index (χ0) is 36.6. The van der Waals surface area contributed by atoms with Crippen molar-refractivity contribution in [3.05, 3.63) is 217 Å². The maximum atomic E-state index is 5.19. The summed E-state index contributed by atoms with van der Waals surface area (Å²) in [5, 5.41) is 4.70. The van der Waals surface area contributed by atoms with Gasteiger partial charge >= 0.3 is 0 Å². The van der Waals surface area contributed by atoms with Crippen molar-refractivity contribution < 1.29 is 0 Å². The van der Waals surface area contributed by atoms with Crippen LogP contribution in [0.5, 0.6) is 0 Å². The van der Waals surface area contributed by atoms with Crippen LogP contribution in [0, 0.1) is 0 Å². The second-order valence-corrected chi connectivity index (χ2v) is 14.0. The molecule has 0 amide bonds. The molecule has 0 aliphatic carbocycles. The van der Waals surface area contributed by atoms with Crippen LogP contribution in [0.3, 0.4) is 0 Å². The summed E-state index contributed by atoms with van der Waals surface area (Å²) in [6.45, 7) is 0. The number of hydrogen-bond acceptors (Lipinski definition) is 3. The largest absolute Gasteiger partial charge is 0.309 e. The average molecular weight is 705 g/mol. The van der Waals surface area contributed by atoms with Gasteiger partial charge in [0.1, 0.15) is 0 Å². The molecule has 1 unspecified atom stereocenters. The highest BCUT2D eigenvalue weighted by molar-refractivity contribution is 6.24. The molecule has 0 spiro atoms. The molecular weight excluding hydrogens is 669 g/mol. The van der Waals surface area contributed by atoms with E-state index in [2.05, 4.69) is 168 Å². The topological polar surface area (TPSA) is 43.6 Å². The van der Waals surface area contributed by atoms with E-state index >= 15 is 0 Å². The Bertz CT molecular complexity index is 2870. The Morgan fingerprint density at radius 3 is 1.56 bits per heavy atom. The lowest BCUT2D eigenvalue weighted by atomic mass is 9.85. The lowest BCUT2D eigenvalue weighted by Crippen LogP contribution is -2.05. The molecule has 10 rings (SSSR count). The first-order chi connectivity index (χ1) is 27.3. The van der Waals surface area contributed by atoms with Crippen molar-refractivity contribution >= 4 is 32.6 Å². The van der Waals surface area contributed by atoms with Crippen LogP contribution < -0.4 is 0 Å². The van der Waals surface area contributed by atoms with Crippen LogP contribution in [0.1, 0.15) is 22.6 Å². The van der Waals surface area contributed by atoms with Crippen molar-refractivity contribution in [3.63, 3.8) is 0 Å². The molecule has 8 aromatic carbocycles. The molecule has 0 saturated heterocycles. The summed E-state index contributed by atoms with van der Waals surface area (Å²) in [6, 6.07) is 70.9. The van der Waals surface area contributed by atoms with Gasteiger partial charge in [-0.05, 0) is 64.2 Å². The molecule has 2 aromatic heterocycles. The number of para-hydroxylation sites is 1. The van der Waals surface area contributed by atoms with Gasteiger partial charge in [0, 0.05) is 39.1 Å². The van der Waals surface area contributed by atoms with Crippen molar-refractivity contribution in [2.75, 3.05) is 0 Å². The fourth-order valence-corrected chi connectivity index (χ4v) is 8.05. The van der Waals surface area contributed by atoms with Gasteiger partial charge in [0.05, 0.1) is 11.0 Å². The molecule has 2 heterocycles. The predicted octanol–water partition coefficient (Wildman–Crippen LogP) is 12.5. The molecular formula is C51H36N4. The van der Waals surface area contributed by atoms with Gasteiger partial charge in [-0.1, -0.05) is 170 Å². The minimum absolute atomic E-state index is 0.187. The van der Waals surface area contributed by atoms with E-state index in [1.54, 1.807) is 0 Å². The number of aromatic nitrogens is 4. The lowest BCUT2D eigenvalue weighted by Gasteiger charge is -2.19. The Hall–Kier alpha value is -7.17. The first-order valence-electron chi connectivity index (χ1n) is 18.8. The van der Waals surface area contributed by atoms with Crippen LogP contribution in [-0.2, 0) is 6.42 Å². The Morgan fingerprint density at radius 2 is 0.927 bits per heavy atom. The number of nitrogens with zero attached hydrogens (tertiary/aromatic N) is 4. The maximum Gasteiger partial charge on any atom is 0.164 e. The van der Waals surface area contributed by atoms with Crippen molar-refractivity contribution in [2.24, 2.45) is 0 Å². The summed E-state index contributed by atoms with van der Waals surface area (Å²) in [7, 11) is 0. The summed E-state index contributed by atoms with van der Waals surface area (Å²) >= 11 is 0. The molecule has 0 aliphatic heterocycles. The minimum atomic E-state index is 0.187. The van der Waals surface area contributed by atoms with Crippen molar-refractivity contribution in [1.82, 2.24) is 19.5 Å². The van der Waals surface area contributed by atoms with E-state index in [4.69, 9.17) is 15.0 Å². The van der Waals surface area contributed by atoms with E-state index in [0.29, 0.717) is 17.5 Å². The Morgan fingerprint density at radius 1 is 0.400 bits per heavy atom. The molecule has 0 fully saturated rings. The normalized spacial score (nSPS) is 12.0. The molecule has 55 heavy (non-hydrogen) atoms. The second kappa shape index (κ2) is 14.0. The van der Waals surface area contributed by atoms with Crippen molar-refractivity contribution in [3.8, 4) is 39.9 Å². The molecule has 10 aromatic rings. The quantitative estimate of drug-likeness (QED) is 0.158. The van der Waals surface area contributed by atoms with Gasteiger partial charge in [0.25, 0.3) is 0 Å². The lowest BCUT2D eigenvalue weighted by molar-refractivity contribution is 0.806. The summed E-state index contributed by atoms with van der Waals surface area (Å²) in [4.78, 5) is 15.4. The molecule has 4 nitrogen and oxygen atoms in total. The molecule has 1 atom stereocenters. The fraction of sp³-hybridized carbons (Fsp3) is 0.0392. The van der Waals surface area contributed by atoms with Gasteiger partial charge in [0.15, 0.2) is 17.5 Å². The summed E-state index contributed by atoms with van der Waals surface area (Å²) in [6.07, 6.45) is 0.908. The first-order valence-corrected chi connectivity index (χ1v) is 18.8. The monoisotopic (exact) mass is 704 g/mol. The number of hydrogen-bond donors (Lipinski definition) is 0. The minimum Gasteiger partial charge on any atom is -0.309 e. The molecule has 0 bridgehead atoms. The highest BCUT2D eigenvalue weighted by Gasteiger charge is 2.23. The van der Waals surface area contributed by atoms with Gasteiger partial charge in [0.2, 0.25) is 0 Å². The van der Waals surface area contributed by atoms with Crippen LogP contribution in [0.2, 0.25) is 0 Å². The van der Waals surface area contributed by atoms with Crippen LogP contribution >= 0.6 is 0 Å². The average Bonchev–Trinajstić information content (AvgIpc) is 3.60. The molecule has 260 valence electrons. The van der Waals surface area contributed by atoms with E-state index in [1.807, 2.05) is 36.4 Å². The standard InChI is InChI=1S/C51H36N4/c1-6-18-35(19-7-1)32-43(36-20-8-2-9-21-36)39-30-31-46-45(33-39)48-42-29-17-16-28-41(42)44(34-47(48)55(46)40-26-14-5-15-27-40)51-53-49(37-22-10-3-11-23-37)52-50(54-51)38-24-12-4-13-25-38/h1-31,33-34,43H,32H2. The van der Waals surface area contributed by atoms with E-state index < -0.39 is 0 Å². The van der Waals surface area contributed by atoms with Gasteiger partial charge in [-0.25, -0.2) is 15.0 Å². The third kappa shape index (κ3) is 6.04. The van der Waals surface area contributed by atoms with Crippen molar-refractivity contribution in [2.45, 2.75) is 12.3 Å². The highest BCUT2D eigenvalue weighted by Crippen LogP contribution is 2.43. The smallest absolute Gasteiger partial charge is 0.164 e. The van der Waals surface area contributed by atoms with Gasteiger partial charge < -0.3 is 4.57 Å². The van der Waals surface area contributed by atoms with E-state index in [-0.39, 0.29) is 5.92 Å². The Kier molecular flexibility index (Phi) is 8.27. The van der Waals surface area contributed by atoms with E-state index in [9.17, 15) is 0 Å². The number of fused-ring (bicyclic) bond motifs is 5. The second-order valence-electron chi connectivity index (χ2n) is 14.0. The van der Waals surface area contributed by atoms with E-state index in [0.717, 1.165) is 50.6 Å². The fourth-order valence-electron chi connectivity index (χ4n) is 8.05. The Labute approximate surface area is 320 Å². The zero-order valence-corrected chi connectivity index (χ0v) is 30.1. The SMILES string of the molecule is c1ccc(CC(c2ccccc2)c2ccc3c(c2)c2c4ccccc4c(-c4nc(-c5ccccc5)nc(-c5ccccc5)n4)cc2n3-c2ccccc2)cc1. The molecule has 0 aliphatic rings. The molecule has 0 radical (unpaired) electrons. The zero-order valence-electron chi connectivity index (χ0n) is 30.1. The van der Waals surface area contributed by atoms with Crippen LogP contribution in [0.15, 0.2) is 200 Å². The summed E-state index contributed by atoms with van der Waals surface area (Å²) in [5.41, 5.74) is 10.1. The van der Waals surface area contributed by atoms with Gasteiger partial charge in [-0.2, -0.15) is 0 Å². The van der Waals surface area contributed by atoms with Crippen LogP contribution in [0.25, 0.3) is 72.4 Å². The van der Waals surface area contributed by atoms with E-state index in [1.165, 1.54) is 27.5 Å². The number of rotatable bonds is 8. The molecule has 0 saturated carbocycles.